The van der Waals surface area contributed by atoms with E-state index in [1.807, 2.05) is 0 Å². The summed E-state index contributed by atoms with van der Waals surface area (Å²) < 4.78 is 7.14. The fourth-order valence-electron chi connectivity index (χ4n) is 2.41. The maximum absolute atomic E-state index is 12.1. The summed E-state index contributed by atoms with van der Waals surface area (Å²) in [6.45, 7) is -0.281. The summed E-state index contributed by atoms with van der Waals surface area (Å²) in [4.78, 5) is 28.7. The van der Waals surface area contributed by atoms with E-state index in [4.69, 9.17) is 4.74 Å². The number of aromatic amines is 1. The molecular formula is C13H18N6O4. The highest BCUT2D eigenvalue weighted by molar-refractivity contribution is 5.71. The van der Waals surface area contributed by atoms with Crippen molar-refractivity contribution in [3.05, 3.63) is 16.7 Å². The smallest absolute Gasteiger partial charge is 0.280 e. The third-order valence-electron chi connectivity index (χ3n) is 3.53. The Kier molecular flexibility index (Phi) is 4.11. The minimum Gasteiger partial charge on any atom is -0.394 e. The van der Waals surface area contributed by atoms with Crippen LogP contribution < -0.4 is 5.56 Å². The number of aliphatic hydroxyl groups excluding tert-OH is 2. The number of nitrogens with one attached hydrogen (secondary N) is 1. The van der Waals surface area contributed by atoms with Crippen LogP contribution in [0.2, 0.25) is 0 Å². The first-order valence-corrected chi connectivity index (χ1v) is 7.11. The summed E-state index contributed by atoms with van der Waals surface area (Å²) in [6, 6.07) is 0. The molecule has 0 aliphatic carbocycles. The number of H-pyrrole nitrogens is 1. The van der Waals surface area contributed by atoms with E-state index >= 15 is 0 Å². The first-order valence-electron chi connectivity index (χ1n) is 7.11. The van der Waals surface area contributed by atoms with Gasteiger partial charge in [-0.15, -0.1) is 0 Å². The zero-order valence-electron chi connectivity index (χ0n) is 12.7. The molecule has 10 heteroatoms. The molecule has 23 heavy (non-hydrogen) atoms. The van der Waals surface area contributed by atoms with Gasteiger partial charge in [0, 0.05) is 20.5 Å². The van der Waals surface area contributed by atoms with Gasteiger partial charge in [-0.25, -0.2) is 9.98 Å². The van der Waals surface area contributed by atoms with Gasteiger partial charge in [0.2, 0.25) is 5.95 Å². The van der Waals surface area contributed by atoms with Crippen molar-refractivity contribution < 1.29 is 14.9 Å². The molecule has 1 saturated heterocycles. The summed E-state index contributed by atoms with van der Waals surface area (Å²) in [5.41, 5.74) is 0.0756. The lowest BCUT2D eigenvalue weighted by atomic mass is 10.2. The lowest BCUT2D eigenvalue weighted by Gasteiger charge is -2.13. The van der Waals surface area contributed by atoms with Gasteiger partial charge >= 0.3 is 0 Å². The van der Waals surface area contributed by atoms with Gasteiger partial charge in [0.05, 0.1) is 25.4 Å². The first-order chi connectivity index (χ1) is 11.0. The number of imidazole rings is 1. The molecule has 0 aromatic carbocycles. The first kappa shape index (κ1) is 15.6. The van der Waals surface area contributed by atoms with Crippen molar-refractivity contribution in [1.29, 1.82) is 0 Å². The highest BCUT2D eigenvalue weighted by atomic mass is 16.5. The third kappa shape index (κ3) is 2.96. The summed E-state index contributed by atoms with van der Waals surface area (Å²) in [7, 11) is 3.60. The maximum atomic E-state index is 12.1. The molecular weight excluding hydrogens is 304 g/mol. The summed E-state index contributed by atoms with van der Waals surface area (Å²) >= 11 is 0. The fraction of sp³-hybridized carbons (Fsp3) is 0.538. The van der Waals surface area contributed by atoms with Gasteiger partial charge in [0.1, 0.15) is 12.3 Å². The number of hydrogen-bond donors (Lipinski definition) is 3. The van der Waals surface area contributed by atoms with E-state index in [0.29, 0.717) is 5.65 Å². The van der Waals surface area contributed by atoms with E-state index < -0.39 is 24.0 Å². The van der Waals surface area contributed by atoms with Gasteiger partial charge in [-0.2, -0.15) is 4.98 Å². The van der Waals surface area contributed by atoms with E-state index in [9.17, 15) is 15.0 Å². The van der Waals surface area contributed by atoms with E-state index in [-0.39, 0.29) is 24.5 Å². The summed E-state index contributed by atoms with van der Waals surface area (Å²) in [5, 5.41) is 19.0. The van der Waals surface area contributed by atoms with Gasteiger partial charge in [-0.3, -0.25) is 14.3 Å². The van der Waals surface area contributed by atoms with Crippen LogP contribution in [0.4, 0.5) is 5.95 Å². The number of aliphatic imine (C=N–C) groups is 1. The van der Waals surface area contributed by atoms with Crippen molar-refractivity contribution in [3.8, 4) is 0 Å². The van der Waals surface area contributed by atoms with Crippen LogP contribution in [0.3, 0.4) is 0 Å². The Morgan fingerprint density at radius 2 is 2.39 bits per heavy atom. The topological polar surface area (TPSA) is 129 Å². The normalized spacial score (nSPS) is 24.8. The average molecular weight is 322 g/mol. The largest absolute Gasteiger partial charge is 0.394 e. The predicted molar refractivity (Wildman–Crippen MR) is 81.6 cm³/mol. The Balaban J connectivity index is 2.00. The minimum absolute atomic E-state index is 0.148. The molecule has 0 unspecified atom stereocenters. The van der Waals surface area contributed by atoms with E-state index in [1.165, 1.54) is 12.7 Å². The number of nitrogens with zero attached hydrogens (tertiary/aromatic N) is 5. The molecule has 124 valence electrons. The Morgan fingerprint density at radius 1 is 1.61 bits per heavy atom. The Morgan fingerprint density at radius 3 is 3.04 bits per heavy atom. The summed E-state index contributed by atoms with van der Waals surface area (Å²) in [5.74, 6) is 0.148. The zero-order valence-corrected chi connectivity index (χ0v) is 12.7. The number of ether oxygens (including phenoxy) is 1. The molecule has 0 saturated carbocycles. The third-order valence-corrected chi connectivity index (χ3v) is 3.53. The second kappa shape index (κ2) is 6.07. The van der Waals surface area contributed by atoms with Crippen LogP contribution in [-0.4, -0.2) is 73.9 Å². The predicted octanol–water partition coefficient (Wildman–Crippen LogP) is -1.02. The van der Waals surface area contributed by atoms with Crippen LogP contribution in [0, 0.1) is 0 Å². The van der Waals surface area contributed by atoms with Crippen LogP contribution in [0.1, 0.15) is 12.6 Å². The fourth-order valence-corrected chi connectivity index (χ4v) is 2.41. The molecule has 0 amide bonds. The second-order valence-corrected chi connectivity index (χ2v) is 5.54. The monoisotopic (exact) mass is 322 g/mol. The van der Waals surface area contributed by atoms with E-state index in [1.54, 1.807) is 23.6 Å². The second-order valence-electron chi connectivity index (χ2n) is 5.54. The SMILES string of the molecule is CN(C)C=Nc1nc2c(ncn2[C@@H]2C[C@@H](O)[C@@H](CO)O2)c(=O)[nH]1. The van der Waals surface area contributed by atoms with Gasteiger partial charge in [0.25, 0.3) is 5.56 Å². The van der Waals surface area contributed by atoms with Crippen molar-refractivity contribution in [3.63, 3.8) is 0 Å². The van der Waals surface area contributed by atoms with Crippen molar-refractivity contribution in [2.45, 2.75) is 24.9 Å². The molecule has 2 aromatic rings. The Hall–Kier alpha value is -2.30. The lowest BCUT2D eigenvalue weighted by Crippen LogP contribution is -2.24. The standard InChI is InChI=1S/C13H18N6O4/c1-18(2)5-15-13-16-11-10(12(22)17-13)14-6-19(11)9-3-7(21)8(4-20)23-9/h5-9,20-21H,3-4H2,1-2H3,(H,16,17,22)/t7-,8-,9+/m1/s1. The van der Waals surface area contributed by atoms with Gasteiger partial charge in [-0.05, 0) is 0 Å². The molecule has 3 atom stereocenters. The van der Waals surface area contributed by atoms with Gasteiger partial charge in [0.15, 0.2) is 11.2 Å². The number of fused-ring (bicyclic) bond motifs is 1. The van der Waals surface area contributed by atoms with Crippen LogP contribution in [0.15, 0.2) is 16.1 Å². The quantitative estimate of drug-likeness (QED) is 0.485. The molecule has 0 spiro atoms. The highest BCUT2D eigenvalue weighted by Gasteiger charge is 2.35. The Labute approximate surface area is 131 Å². The molecule has 1 aliphatic heterocycles. The van der Waals surface area contributed by atoms with Gasteiger partial charge < -0.3 is 19.8 Å². The maximum Gasteiger partial charge on any atom is 0.280 e. The molecule has 0 bridgehead atoms. The number of hydrogen-bond acceptors (Lipinski definition) is 7. The highest BCUT2D eigenvalue weighted by Crippen LogP contribution is 2.30. The molecule has 1 aliphatic rings. The van der Waals surface area contributed by atoms with Gasteiger partial charge in [-0.1, -0.05) is 0 Å². The molecule has 1 fully saturated rings. The molecule has 3 N–H and O–H groups in total. The van der Waals surface area contributed by atoms with Crippen LogP contribution in [0.25, 0.3) is 11.2 Å². The molecule has 2 aromatic heterocycles. The van der Waals surface area contributed by atoms with Crippen LogP contribution >= 0.6 is 0 Å². The van der Waals surface area contributed by atoms with E-state index in [2.05, 4.69) is 19.9 Å². The molecule has 0 radical (unpaired) electrons. The van der Waals surface area contributed by atoms with Crippen molar-refractivity contribution in [2.75, 3.05) is 20.7 Å². The zero-order chi connectivity index (χ0) is 16.6. The Bertz CT molecular complexity index is 782. The summed E-state index contributed by atoms with van der Waals surface area (Å²) in [6.07, 6.45) is 1.24. The van der Waals surface area contributed by atoms with Crippen molar-refractivity contribution in [2.24, 2.45) is 4.99 Å². The average Bonchev–Trinajstić information content (AvgIpc) is 3.08. The number of aliphatic hydroxyl groups is 2. The molecule has 3 heterocycles. The number of rotatable bonds is 4. The van der Waals surface area contributed by atoms with Crippen LogP contribution in [0.5, 0.6) is 0 Å². The lowest BCUT2D eigenvalue weighted by molar-refractivity contribution is -0.0432. The minimum atomic E-state index is -0.782. The molecule has 3 rings (SSSR count). The van der Waals surface area contributed by atoms with Crippen LogP contribution in [-0.2, 0) is 4.74 Å². The molecule has 10 nitrogen and oxygen atoms in total. The van der Waals surface area contributed by atoms with Crippen molar-refractivity contribution >= 4 is 23.5 Å². The number of aromatic nitrogens is 4. The van der Waals surface area contributed by atoms with E-state index in [0.717, 1.165) is 0 Å². The van der Waals surface area contributed by atoms with Crippen molar-refractivity contribution in [1.82, 2.24) is 24.4 Å².